The topological polar surface area (TPSA) is 66.8 Å². The largest absolute Gasteiger partial charge is 0.337 e. The number of carbonyl (C=O) groups is 1. The lowest BCUT2D eigenvalue weighted by atomic mass is 9.95. The molecule has 7 heteroatoms. The Labute approximate surface area is 185 Å². The normalized spacial score (nSPS) is 15.5. The van der Waals surface area contributed by atoms with Crippen LogP contribution < -0.4 is 0 Å². The molecule has 1 amide bonds. The van der Waals surface area contributed by atoms with Gasteiger partial charge in [0.2, 0.25) is 0 Å². The van der Waals surface area contributed by atoms with E-state index in [0.29, 0.717) is 17.3 Å². The second kappa shape index (κ2) is 8.04. The van der Waals surface area contributed by atoms with Crippen molar-refractivity contribution in [3.8, 4) is 11.3 Å². The molecule has 4 aromatic rings. The molecule has 1 aliphatic rings. The summed E-state index contributed by atoms with van der Waals surface area (Å²) in [5, 5.41) is 8.18. The third-order valence-corrected chi connectivity index (χ3v) is 6.00. The van der Waals surface area contributed by atoms with Crippen LogP contribution in [0.4, 0.5) is 0 Å². The molecule has 3 heterocycles. The lowest BCUT2D eigenvalue weighted by Crippen LogP contribution is -2.31. The van der Waals surface area contributed by atoms with Crippen LogP contribution in [0.1, 0.15) is 39.6 Å². The van der Waals surface area contributed by atoms with Crippen molar-refractivity contribution in [2.75, 3.05) is 6.54 Å². The number of fused-ring (bicyclic) bond motifs is 1. The smallest absolute Gasteiger partial charge is 0.273 e. The number of aromatic amines is 1. The van der Waals surface area contributed by atoms with E-state index in [1.807, 2.05) is 39.9 Å². The predicted octanol–water partition coefficient (Wildman–Crippen LogP) is 4.87. The van der Waals surface area contributed by atoms with Crippen LogP contribution in [0.2, 0.25) is 5.02 Å². The summed E-state index contributed by atoms with van der Waals surface area (Å²) in [6.07, 6.45) is 6.34. The van der Waals surface area contributed by atoms with Gasteiger partial charge in [-0.2, -0.15) is 5.10 Å². The first kappa shape index (κ1) is 19.6. The third-order valence-electron chi connectivity index (χ3n) is 5.75. The average molecular weight is 432 g/mol. The maximum absolute atomic E-state index is 13.4. The Morgan fingerprint density at radius 3 is 2.55 bits per heavy atom. The molecule has 0 aliphatic carbocycles. The maximum Gasteiger partial charge on any atom is 0.273 e. The molecule has 2 aromatic carbocycles. The zero-order valence-electron chi connectivity index (χ0n) is 17.1. The van der Waals surface area contributed by atoms with Crippen molar-refractivity contribution in [3.05, 3.63) is 94.7 Å². The quantitative estimate of drug-likeness (QED) is 0.473. The molecule has 1 atom stereocenters. The number of rotatable bonds is 6. The standard InChI is InChI=1S/C24H22ClN5O/c1-16-3-5-18(6-4-16)23-20-21(17-7-9-19(25)10-8-17)27-28-22(20)24(31)30(23)13-2-12-29-14-11-26-15-29/h3-11,14-15,23H,2,12-13H2,1H3,(H,27,28). The van der Waals surface area contributed by atoms with Crippen molar-refractivity contribution >= 4 is 17.5 Å². The number of halogens is 1. The molecule has 2 aromatic heterocycles. The van der Waals surface area contributed by atoms with E-state index >= 15 is 0 Å². The van der Waals surface area contributed by atoms with Gasteiger partial charge in [-0.1, -0.05) is 53.6 Å². The van der Waals surface area contributed by atoms with E-state index in [9.17, 15) is 4.79 Å². The number of hydrogen-bond donors (Lipinski definition) is 1. The van der Waals surface area contributed by atoms with Crippen LogP contribution in [-0.4, -0.2) is 37.1 Å². The van der Waals surface area contributed by atoms with Crippen LogP contribution >= 0.6 is 11.6 Å². The maximum atomic E-state index is 13.4. The highest BCUT2D eigenvalue weighted by Crippen LogP contribution is 2.42. The highest BCUT2D eigenvalue weighted by molar-refractivity contribution is 6.30. The van der Waals surface area contributed by atoms with Gasteiger partial charge >= 0.3 is 0 Å². The third kappa shape index (κ3) is 3.64. The Morgan fingerprint density at radius 2 is 1.84 bits per heavy atom. The lowest BCUT2D eigenvalue weighted by molar-refractivity contribution is 0.0739. The molecule has 0 fully saturated rings. The Balaban J connectivity index is 1.52. The number of carbonyl (C=O) groups excluding carboxylic acids is 1. The first-order valence-corrected chi connectivity index (χ1v) is 10.7. The number of aryl methyl sites for hydroxylation is 2. The lowest BCUT2D eigenvalue weighted by Gasteiger charge is -2.26. The van der Waals surface area contributed by atoms with E-state index in [1.54, 1.807) is 12.5 Å². The summed E-state index contributed by atoms with van der Waals surface area (Å²) in [5.74, 6) is -0.0149. The summed E-state index contributed by atoms with van der Waals surface area (Å²) >= 11 is 6.08. The first-order valence-electron chi connectivity index (χ1n) is 10.3. The highest BCUT2D eigenvalue weighted by atomic mass is 35.5. The molecular formula is C24H22ClN5O. The predicted molar refractivity (Wildman–Crippen MR) is 120 cm³/mol. The van der Waals surface area contributed by atoms with Crippen LogP contribution in [0, 0.1) is 6.92 Å². The molecule has 6 nitrogen and oxygen atoms in total. The summed E-state index contributed by atoms with van der Waals surface area (Å²) < 4.78 is 2.03. The van der Waals surface area contributed by atoms with E-state index < -0.39 is 0 Å². The van der Waals surface area contributed by atoms with Gasteiger partial charge in [0.25, 0.3) is 5.91 Å². The zero-order chi connectivity index (χ0) is 21.4. The molecule has 5 rings (SSSR count). The van der Waals surface area contributed by atoms with Crippen molar-refractivity contribution in [1.82, 2.24) is 24.6 Å². The summed E-state index contributed by atoms with van der Waals surface area (Å²) in [6, 6.07) is 15.8. The minimum atomic E-state index is -0.185. The molecular weight excluding hydrogens is 410 g/mol. The Hall–Kier alpha value is -3.38. The van der Waals surface area contributed by atoms with Crippen molar-refractivity contribution < 1.29 is 4.79 Å². The number of amides is 1. The second-order valence-corrected chi connectivity index (χ2v) is 8.27. The molecule has 1 N–H and O–H groups in total. The summed E-state index contributed by atoms with van der Waals surface area (Å²) in [5.41, 5.74) is 5.49. The van der Waals surface area contributed by atoms with E-state index in [1.165, 1.54) is 5.56 Å². The van der Waals surface area contributed by atoms with Gasteiger partial charge < -0.3 is 9.47 Å². The molecule has 1 unspecified atom stereocenters. The van der Waals surface area contributed by atoms with E-state index in [4.69, 9.17) is 11.6 Å². The molecule has 0 bridgehead atoms. The van der Waals surface area contributed by atoms with Gasteiger partial charge in [0.15, 0.2) is 0 Å². The fourth-order valence-electron chi connectivity index (χ4n) is 4.19. The first-order chi connectivity index (χ1) is 15.1. The van der Waals surface area contributed by atoms with E-state index in [2.05, 4.69) is 46.4 Å². The van der Waals surface area contributed by atoms with Crippen molar-refractivity contribution in [2.24, 2.45) is 0 Å². The minimum absolute atomic E-state index is 0.0149. The molecule has 0 saturated heterocycles. The molecule has 0 spiro atoms. The van der Waals surface area contributed by atoms with Crippen molar-refractivity contribution in [1.29, 1.82) is 0 Å². The van der Waals surface area contributed by atoms with Crippen LogP contribution in [0.3, 0.4) is 0 Å². The molecule has 0 saturated carbocycles. The molecule has 0 radical (unpaired) electrons. The number of benzene rings is 2. The van der Waals surface area contributed by atoms with Gasteiger partial charge in [-0.3, -0.25) is 9.89 Å². The SMILES string of the molecule is Cc1ccc(C2c3c(-c4ccc(Cl)cc4)n[nH]c3C(=O)N2CCCn2ccnc2)cc1. The number of nitrogens with one attached hydrogen (secondary N) is 1. The van der Waals surface area contributed by atoms with Gasteiger partial charge in [-0.05, 0) is 31.0 Å². The van der Waals surface area contributed by atoms with Crippen LogP contribution in [0.15, 0.2) is 67.3 Å². The van der Waals surface area contributed by atoms with Crippen LogP contribution in [-0.2, 0) is 6.54 Å². The Kier molecular flexibility index (Phi) is 5.08. The fourth-order valence-corrected chi connectivity index (χ4v) is 4.32. The van der Waals surface area contributed by atoms with Crippen molar-refractivity contribution in [3.63, 3.8) is 0 Å². The van der Waals surface area contributed by atoms with Crippen LogP contribution in [0.25, 0.3) is 11.3 Å². The molecule has 156 valence electrons. The van der Waals surface area contributed by atoms with Gasteiger partial charge in [-0.25, -0.2) is 4.98 Å². The van der Waals surface area contributed by atoms with Crippen molar-refractivity contribution in [2.45, 2.75) is 25.9 Å². The van der Waals surface area contributed by atoms with E-state index in [0.717, 1.165) is 35.3 Å². The minimum Gasteiger partial charge on any atom is -0.337 e. The Morgan fingerprint density at radius 1 is 1.06 bits per heavy atom. The number of H-pyrrole nitrogens is 1. The number of nitrogens with zero attached hydrogens (tertiary/aromatic N) is 4. The van der Waals surface area contributed by atoms with Gasteiger partial charge in [0.05, 0.1) is 18.1 Å². The fraction of sp³-hybridized carbons (Fsp3) is 0.208. The highest BCUT2D eigenvalue weighted by Gasteiger charge is 2.41. The number of aromatic nitrogens is 4. The summed E-state index contributed by atoms with van der Waals surface area (Å²) in [4.78, 5) is 19.4. The summed E-state index contributed by atoms with van der Waals surface area (Å²) in [7, 11) is 0. The van der Waals surface area contributed by atoms with Gasteiger partial charge in [0.1, 0.15) is 5.69 Å². The number of imidazole rings is 1. The molecule has 31 heavy (non-hydrogen) atoms. The van der Waals surface area contributed by atoms with Crippen LogP contribution in [0.5, 0.6) is 0 Å². The van der Waals surface area contributed by atoms with Gasteiger partial charge in [0, 0.05) is 41.6 Å². The second-order valence-electron chi connectivity index (χ2n) is 7.83. The van der Waals surface area contributed by atoms with Gasteiger partial charge in [-0.15, -0.1) is 0 Å². The molecule has 1 aliphatic heterocycles. The average Bonchev–Trinajstić information content (AvgIpc) is 3.49. The summed E-state index contributed by atoms with van der Waals surface area (Å²) in [6.45, 7) is 3.51. The zero-order valence-corrected chi connectivity index (χ0v) is 17.9. The Bertz CT molecular complexity index is 1200. The number of hydrogen-bond acceptors (Lipinski definition) is 3. The van der Waals surface area contributed by atoms with E-state index in [-0.39, 0.29) is 11.9 Å². The monoisotopic (exact) mass is 431 g/mol.